The molecule has 0 amide bonds. The molecule has 6 nitrogen and oxygen atoms in total. The van der Waals surface area contributed by atoms with Crippen LogP contribution in [0.3, 0.4) is 0 Å². The van der Waals surface area contributed by atoms with Gasteiger partial charge in [-0.25, -0.2) is 9.79 Å². The lowest BCUT2D eigenvalue weighted by Crippen LogP contribution is -2.39. The van der Waals surface area contributed by atoms with Gasteiger partial charge in [0, 0.05) is 14.9 Å². The molecule has 0 radical (unpaired) electrons. The normalized spacial score (nSPS) is 15.6. The number of carbonyl (C=O) groups is 1. The number of methoxy groups -OCH3 is 1. The van der Waals surface area contributed by atoms with E-state index in [1.54, 1.807) is 43.4 Å². The van der Waals surface area contributed by atoms with Crippen LogP contribution >= 0.6 is 55.0 Å². The van der Waals surface area contributed by atoms with E-state index in [2.05, 4.69) is 36.9 Å². The molecule has 0 bridgehead atoms. The highest BCUT2D eigenvalue weighted by Gasteiger charge is 2.33. The van der Waals surface area contributed by atoms with Crippen molar-refractivity contribution in [3.8, 4) is 5.75 Å². The number of rotatable bonds is 6. The van der Waals surface area contributed by atoms with Crippen LogP contribution in [0, 0.1) is 0 Å². The monoisotopic (exact) mass is 636 g/mol. The van der Waals surface area contributed by atoms with Gasteiger partial charge in [0.15, 0.2) is 4.80 Å². The number of carbonyl (C=O) groups excluding carboxylic acids is 1. The number of aromatic nitrogens is 1. The Labute approximate surface area is 227 Å². The van der Waals surface area contributed by atoms with E-state index in [1.165, 1.54) is 11.3 Å². The molecule has 0 saturated carbocycles. The van der Waals surface area contributed by atoms with Gasteiger partial charge >= 0.3 is 5.97 Å². The van der Waals surface area contributed by atoms with Gasteiger partial charge in [-0.2, -0.15) is 0 Å². The molecule has 2 aromatic carbocycles. The molecule has 35 heavy (non-hydrogen) atoms. The highest BCUT2D eigenvalue weighted by Crippen LogP contribution is 2.34. The van der Waals surface area contributed by atoms with E-state index >= 15 is 0 Å². The summed E-state index contributed by atoms with van der Waals surface area (Å²) in [6.07, 6.45) is 3.79. The molecule has 1 aromatic heterocycles. The molecule has 0 unspecified atom stereocenters. The van der Waals surface area contributed by atoms with Crippen molar-refractivity contribution < 1.29 is 14.3 Å². The molecular weight excluding hydrogens is 616 g/mol. The van der Waals surface area contributed by atoms with E-state index in [4.69, 9.17) is 9.47 Å². The summed E-state index contributed by atoms with van der Waals surface area (Å²) in [5.74, 6) is 0.145. The molecular formula is C25H22Br2N2O4S2. The van der Waals surface area contributed by atoms with Crippen LogP contribution < -0.4 is 19.6 Å². The second-order valence-electron chi connectivity index (χ2n) is 7.59. The minimum atomic E-state index is -0.639. The van der Waals surface area contributed by atoms with Gasteiger partial charge in [-0.05, 0) is 71.9 Å². The fourth-order valence-corrected chi connectivity index (χ4v) is 6.80. The number of fused-ring (bicyclic) bond motifs is 1. The van der Waals surface area contributed by atoms with Crippen LogP contribution in [0.4, 0.5) is 0 Å². The van der Waals surface area contributed by atoms with Gasteiger partial charge in [0.2, 0.25) is 0 Å². The molecule has 1 aliphatic heterocycles. The largest absolute Gasteiger partial charge is 0.495 e. The molecule has 0 fully saturated rings. The van der Waals surface area contributed by atoms with Gasteiger partial charge < -0.3 is 9.47 Å². The van der Waals surface area contributed by atoms with Crippen LogP contribution in [0.1, 0.15) is 31.0 Å². The number of nitrogens with zero attached hydrogens (tertiary/aromatic N) is 2. The summed E-state index contributed by atoms with van der Waals surface area (Å²) in [5, 5.41) is 0. The Morgan fingerprint density at radius 1 is 1.26 bits per heavy atom. The first-order valence-electron chi connectivity index (χ1n) is 10.7. The SMILES string of the molecule is CCOC(=O)C1=C(C)N=c2s/c(=C\c3cc(Br)cc(Br)c3OC)c(=O)n2[C@H]1c1ccc(SC)cc1. The van der Waals surface area contributed by atoms with Gasteiger partial charge in [0.1, 0.15) is 5.75 Å². The lowest BCUT2D eigenvalue weighted by Gasteiger charge is -2.24. The molecule has 3 aromatic rings. The van der Waals surface area contributed by atoms with Crippen molar-refractivity contribution >= 4 is 67.0 Å². The average Bonchev–Trinajstić information content (AvgIpc) is 3.12. The highest BCUT2D eigenvalue weighted by molar-refractivity contribution is 9.11. The maximum Gasteiger partial charge on any atom is 0.338 e. The quantitative estimate of drug-likeness (QED) is 0.279. The van der Waals surface area contributed by atoms with Crippen molar-refractivity contribution in [2.45, 2.75) is 24.8 Å². The number of hydrogen-bond donors (Lipinski definition) is 0. The van der Waals surface area contributed by atoms with Crippen molar-refractivity contribution in [1.82, 2.24) is 4.57 Å². The highest BCUT2D eigenvalue weighted by atomic mass is 79.9. The summed E-state index contributed by atoms with van der Waals surface area (Å²) in [4.78, 5) is 33.0. The Morgan fingerprint density at radius 2 is 1.97 bits per heavy atom. The Bertz CT molecular complexity index is 1510. The third-order valence-electron chi connectivity index (χ3n) is 5.48. The van der Waals surface area contributed by atoms with Crippen LogP contribution in [0.2, 0.25) is 0 Å². The minimum Gasteiger partial charge on any atom is -0.495 e. The van der Waals surface area contributed by atoms with Gasteiger partial charge in [-0.15, -0.1) is 11.8 Å². The first-order chi connectivity index (χ1) is 16.8. The number of allylic oxidation sites excluding steroid dienone is 1. The number of thioether (sulfide) groups is 1. The lowest BCUT2D eigenvalue weighted by molar-refractivity contribution is -0.139. The van der Waals surface area contributed by atoms with E-state index in [1.807, 2.05) is 42.7 Å². The minimum absolute atomic E-state index is 0.232. The zero-order valence-electron chi connectivity index (χ0n) is 19.4. The summed E-state index contributed by atoms with van der Waals surface area (Å²) >= 11 is 9.91. The zero-order chi connectivity index (χ0) is 25.3. The summed E-state index contributed by atoms with van der Waals surface area (Å²) in [5.41, 5.74) is 2.22. The maximum absolute atomic E-state index is 13.8. The van der Waals surface area contributed by atoms with E-state index < -0.39 is 12.0 Å². The van der Waals surface area contributed by atoms with Crippen molar-refractivity contribution in [3.63, 3.8) is 0 Å². The maximum atomic E-state index is 13.8. The van der Waals surface area contributed by atoms with Crippen LogP contribution in [-0.4, -0.2) is 30.5 Å². The molecule has 10 heteroatoms. The molecule has 0 aliphatic carbocycles. The molecule has 2 heterocycles. The first-order valence-corrected chi connectivity index (χ1v) is 14.3. The Morgan fingerprint density at radius 3 is 2.60 bits per heavy atom. The van der Waals surface area contributed by atoms with E-state index in [0.717, 1.165) is 25.0 Å². The van der Waals surface area contributed by atoms with Crippen molar-refractivity contribution in [2.24, 2.45) is 4.99 Å². The number of thiazole rings is 1. The van der Waals surface area contributed by atoms with Crippen molar-refractivity contribution in [3.05, 3.63) is 87.4 Å². The summed E-state index contributed by atoms with van der Waals surface area (Å²) in [7, 11) is 1.58. The lowest BCUT2D eigenvalue weighted by atomic mass is 9.96. The fraction of sp³-hybridized carbons (Fsp3) is 0.240. The second kappa shape index (κ2) is 10.9. The average molecular weight is 638 g/mol. The summed E-state index contributed by atoms with van der Waals surface area (Å²) < 4.78 is 14.6. The number of esters is 1. The topological polar surface area (TPSA) is 69.9 Å². The molecule has 0 N–H and O–H groups in total. The number of hydrogen-bond acceptors (Lipinski definition) is 7. The standard InChI is InChI=1S/C25H22Br2N2O4S2/c1-5-33-24(31)20-13(2)28-25-29(21(20)14-6-8-17(34-4)9-7-14)23(30)19(35-25)11-15-10-16(26)12-18(27)22(15)32-3/h6-12,21H,5H2,1-4H3/b19-11-/t21-/m0/s1. The number of halogens is 2. The van der Waals surface area contributed by atoms with E-state index in [9.17, 15) is 9.59 Å². The number of benzene rings is 2. The van der Waals surface area contributed by atoms with Crippen molar-refractivity contribution in [2.75, 3.05) is 20.0 Å². The predicted molar refractivity (Wildman–Crippen MR) is 147 cm³/mol. The molecule has 182 valence electrons. The third kappa shape index (κ3) is 5.07. The predicted octanol–water partition coefficient (Wildman–Crippen LogP) is 5.05. The van der Waals surface area contributed by atoms with Crippen molar-refractivity contribution in [1.29, 1.82) is 0 Å². The molecule has 1 aliphatic rings. The summed E-state index contributed by atoms with van der Waals surface area (Å²) in [6.45, 7) is 3.77. The first kappa shape index (κ1) is 25.9. The van der Waals surface area contributed by atoms with E-state index in [-0.39, 0.29) is 12.2 Å². The summed E-state index contributed by atoms with van der Waals surface area (Å²) in [6, 6.07) is 11.0. The second-order valence-corrected chi connectivity index (χ2v) is 11.2. The Kier molecular flexibility index (Phi) is 8.05. The molecule has 0 saturated heterocycles. The van der Waals surface area contributed by atoms with Crippen LogP contribution in [0.25, 0.3) is 6.08 Å². The Balaban J connectivity index is 1.97. The molecule has 4 rings (SSSR count). The molecule has 1 atom stereocenters. The van der Waals surface area contributed by atoms with Gasteiger partial charge in [0.25, 0.3) is 5.56 Å². The zero-order valence-corrected chi connectivity index (χ0v) is 24.2. The third-order valence-corrected chi connectivity index (χ3v) is 8.25. The Hall–Kier alpha value is -2.14. The van der Waals surface area contributed by atoms with Crippen LogP contribution in [-0.2, 0) is 9.53 Å². The van der Waals surface area contributed by atoms with Gasteiger partial charge in [-0.3, -0.25) is 9.36 Å². The van der Waals surface area contributed by atoms with E-state index in [0.29, 0.717) is 26.4 Å². The smallest absolute Gasteiger partial charge is 0.338 e. The van der Waals surface area contributed by atoms with Gasteiger partial charge in [-0.1, -0.05) is 39.4 Å². The number of ether oxygens (including phenoxy) is 2. The van der Waals surface area contributed by atoms with Crippen LogP contribution in [0.5, 0.6) is 5.75 Å². The fourth-order valence-electron chi connectivity index (χ4n) is 3.94. The van der Waals surface area contributed by atoms with Crippen LogP contribution in [0.15, 0.2) is 71.3 Å². The van der Waals surface area contributed by atoms with Gasteiger partial charge in [0.05, 0.1) is 40.0 Å². The molecule has 0 spiro atoms.